The molecule has 9 nitrogen and oxygen atoms in total. The summed E-state index contributed by atoms with van der Waals surface area (Å²) in [5.41, 5.74) is 0. The molecule has 0 saturated heterocycles. The Kier molecular flexibility index (Phi) is 11.3. The summed E-state index contributed by atoms with van der Waals surface area (Å²) in [6.45, 7) is 2.44. The minimum Gasteiger partial charge on any atom is -0.480 e. The van der Waals surface area contributed by atoms with E-state index in [0.717, 1.165) is 0 Å². The highest BCUT2D eigenvalue weighted by molar-refractivity contribution is 8.00. The van der Waals surface area contributed by atoms with Crippen LogP contribution >= 0.6 is 23.5 Å². The smallest absolute Gasteiger partial charge is 0.327 e. The first kappa shape index (κ1) is 22.5. The van der Waals surface area contributed by atoms with Crippen molar-refractivity contribution in [3.63, 3.8) is 0 Å². The number of thioether (sulfide) groups is 2. The summed E-state index contributed by atoms with van der Waals surface area (Å²) in [5.74, 6) is -2.49. The van der Waals surface area contributed by atoms with Crippen LogP contribution in [-0.4, -0.2) is 80.3 Å². The molecular weight excluding hydrogens is 360 g/mol. The third kappa shape index (κ3) is 11.1. The lowest BCUT2D eigenvalue weighted by molar-refractivity contribution is -0.141. The fraction of sp³-hybridized carbons (Fsp3) is 0.692. The molecule has 0 radical (unpaired) electrons. The fourth-order valence-corrected chi connectivity index (χ4v) is 3.66. The number of carbonyl (C=O) groups excluding carboxylic acids is 2. The van der Waals surface area contributed by atoms with E-state index in [9.17, 15) is 24.3 Å². The van der Waals surface area contributed by atoms with Crippen LogP contribution in [0.1, 0.15) is 13.8 Å². The van der Waals surface area contributed by atoms with Crippen LogP contribution in [0.4, 0.5) is 0 Å². The lowest BCUT2D eigenvalue weighted by atomic mass is 10.3. The maximum atomic E-state index is 10.9. The molecule has 0 aromatic heterocycles. The number of carboxylic acid groups (broad SMARTS) is 2. The quantitative estimate of drug-likeness (QED) is 0.286. The van der Waals surface area contributed by atoms with Crippen LogP contribution in [0.5, 0.6) is 0 Å². The molecule has 11 heteroatoms. The minimum atomic E-state index is -1.15. The Bertz CT molecular complexity index is 422. The first-order chi connectivity index (χ1) is 11.1. The molecule has 0 spiro atoms. The normalized spacial score (nSPS) is 13.2. The molecule has 24 heavy (non-hydrogen) atoms. The molecule has 0 aliphatic heterocycles. The number of carbonyl (C=O) groups is 4. The van der Waals surface area contributed by atoms with E-state index in [1.54, 1.807) is 0 Å². The van der Waals surface area contributed by atoms with Gasteiger partial charge in [-0.15, -0.1) is 0 Å². The van der Waals surface area contributed by atoms with Gasteiger partial charge in [-0.05, 0) is 0 Å². The summed E-state index contributed by atoms with van der Waals surface area (Å²) < 4.78 is 0. The lowest BCUT2D eigenvalue weighted by Gasteiger charge is -2.16. The predicted octanol–water partition coefficient (Wildman–Crippen LogP) is -1.01. The molecule has 0 heterocycles. The molecule has 0 aliphatic carbocycles. The van der Waals surface area contributed by atoms with Crippen molar-refractivity contribution in [1.29, 1.82) is 0 Å². The third-order valence-electron chi connectivity index (χ3n) is 2.54. The standard InChI is InChI=1S/C13H22N2O7S2/c1-7(16)14-10(12(19)20)5-23-3-9(18)4-24-6-11(13(21)22)15-8(2)17/h9-11,18H,3-6H2,1-2H3,(H,14,16)(H,15,17)(H,19,20)(H,21,22)/t10-,11-/m0/s1. The average Bonchev–Trinajstić information content (AvgIpc) is 2.44. The van der Waals surface area contributed by atoms with Crippen molar-refractivity contribution < 1.29 is 34.5 Å². The summed E-state index contributed by atoms with van der Waals surface area (Å²) >= 11 is 2.34. The monoisotopic (exact) mass is 382 g/mol. The van der Waals surface area contributed by atoms with Crippen LogP contribution in [0, 0.1) is 0 Å². The van der Waals surface area contributed by atoms with Gasteiger partial charge in [0.1, 0.15) is 12.1 Å². The van der Waals surface area contributed by atoms with E-state index < -0.39 is 41.9 Å². The maximum Gasteiger partial charge on any atom is 0.327 e. The second-order valence-corrected chi connectivity index (χ2v) is 7.06. The SMILES string of the molecule is CC(=O)N[C@@H](CSCC(O)CSC[C@H](NC(C)=O)C(=O)O)C(=O)O. The first-order valence-corrected chi connectivity index (χ1v) is 9.27. The topological polar surface area (TPSA) is 153 Å². The second kappa shape index (κ2) is 12.0. The number of rotatable bonds is 12. The molecule has 138 valence electrons. The highest BCUT2D eigenvalue weighted by Crippen LogP contribution is 2.11. The van der Waals surface area contributed by atoms with Gasteiger partial charge in [-0.1, -0.05) is 0 Å². The first-order valence-electron chi connectivity index (χ1n) is 6.96. The molecule has 0 aromatic rings. The largest absolute Gasteiger partial charge is 0.480 e. The van der Waals surface area contributed by atoms with E-state index in [0.29, 0.717) is 0 Å². The van der Waals surface area contributed by atoms with Crippen molar-refractivity contribution in [1.82, 2.24) is 10.6 Å². The van der Waals surface area contributed by atoms with Crippen molar-refractivity contribution in [2.75, 3.05) is 23.0 Å². The lowest BCUT2D eigenvalue weighted by Crippen LogP contribution is -2.42. The van der Waals surface area contributed by atoms with Crippen molar-refractivity contribution in [2.45, 2.75) is 32.0 Å². The van der Waals surface area contributed by atoms with E-state index in [4.69, 9.17) is 10.2 Å². The summed E-state index contributed by atoms with van der Waals surface area (Å²) in [5, 5.41) is 32.2. The van der Waals surface area contributed by atoms with Crippen molar-refractivity contribution in [3.8, 4) is 0 Å². The number of hydrogen-bond acceptors (Lipinski definition) is 7. The Morgan fingerprint density at radius 3 is 1.38 bits per heavy atom. The Labute approximate surface area is 147 Å². The fourth-order valence-electron chi connectivity index (χ4n) is 1.53. The van der Waals surface area contributed by atoms with Gasteiger partial charge < -0.3 is 26.0 Å². The van der Waals surface area contributed by atoms with E-state index in [2.05, 4.69) is 10.6 Å². The van der Waals surface area contributed by atoms with Gasteiger partial charge in [-0.3, -0.25) is 9.59 Å². The van der Waals surface area contributed by atoms with Crippen molar-refractivity contribution >= 4 is 47.3 Å². The van der Waals surface area contributed by atoms with Crippen molar-refractivity contribution in [3.05, 3.63) is 0 Å². The maximum absolute atomic E-state index is 10.9. The summed E-state index contributed by atoms with van der Waals surface area (Å²) in [6.07, 6.45) is -0.765. The summed E-state index contributed by atoms with van der Waals surface area (Å²) in [7, 11) is 0. The molecule has 0 fully saturated rings. The van der Waals surface area contributed by atoms with Gasteiger partial charge in [-0.2, -0.15) is 23.5 Å². The average molecular weight is 382 g/mol. The molecule has 2 atom stereocenters. The minimum absolute atomic E-state index is 0.111. The van der Waals surface area contributed by atoms with Gasteiger partial charge in [0.2, 0.25) is 11.8 Å². The number of aliphatic carboxylic acids is 2. The predicted molar refractivity (Wildman–Crippen MR) is 91.1 cm³/mol. The Hall–Kier alpha value is -1.46. The number of amides is 2. The number of nitrogens with one attached hydrogen (secondary N) is 2. The number of aliphatic hydroxyl groups is 1. The molecule has 0 rings (SSSR count). The van der Waals surface area contributed by atoms with Crippen LogP contribution in [0.25, 0.3) is 0 Å². The number of aliphatic hydroxyl groups excluding tert-OH is 1. The third-order valence-corrected chi connectivity index (χ3v) is 4.92. The number of hydrogen-bond donors (Lipinski definition) is 5. The molecular formula is C13H22N2O7S2. The van der Waals surface area contributed by atoms with E-state index >= 15 is 0 Å². The Balaban J connectivity index is 4.06. The highest BCUT2D eigenvalue weighted by Gasteiger charge is 2.20. The van der Waals surface area contributed by atoms with Gasteiger partial charge in [-0.25, -0.2) is 9.59 Å². The van der Waals surface area contributed by atoms with Gasteiger partial charge in [0.15, 0.2) is 0 Å². The second-order valence-electron chi connectivity index (χ2n) is 4.91. The Morgan fingerprint density at radius 2 is 1.12 bits per heavy atom. The van der Waals surface area contributed by atoms with Gasteiger partial charge in [0.25, 0.3) is 0 Å². The molecule has 0 aliphatic rings. The van der Waals surface area contributed by atoms with Gasteiger partial charge >= 0.3 is 11.9 Å². The van der Waals surface area contributed by atoms with E-state index in [-0.39, 0.29) is 23.0 Å². The Morgan fingerprint density at radius 1 is 0.792 bits per heavy atom. The summed E-state index contributed by atoms with van der Waals surface area (Å²) in [4.78, 5) is 43.6. The zero-order valence-electron chi connectivity index (χ0n) is 13.4. The zero-order chi connectivity index (χ0) is 18.7. The molecule has 2 amide bonds. The van der Waals surface area contributed by atoms with Crippen LogP contribution in [-0.2, 0) is 19.2 Å². The summed E-state index contributed by atoms with van der Waals surface area (Å²) in [6, 6.07) is -2.05. The number of carboxylic acids is 2. The van der Waals surface area contributed by atoms with Crippen LogP contribution in [0.15, 0.2) is 0 Å². The van der Waals surface area contributed by atoms with E-state index in [1.807, 2.05) is 0 Å². The van der Waals surface area contributed by atoms with Crippen LogP contribution < -0.4 is 10.6 Å². The van der Waals surface area contributed by atoms with Gasteiger partial charge in [0.05, 0.1) is 6.10 Å². The van der Waals surface area contributed by atoms with Crippen molar-refractivity contribution in [2.24, 2.45) is 0 Å². The highest BCUT2D eigenvalue weighted by atomic mass is 32.2. The zero-order valence-corrected chi connectivity index (χ0v) is 15.0. The van der Waals surface area contributed by atoms with Crippen LogP contribution in [0.3, 0.4) is 0 Å². The molecule has 5 N–H and O–H groups in total. The molecule has 0 bridgehead atoms. The van der Waals surface area contributed by atoms with Crippen LogP contribution in [0.2, 0.25) is 0 Å². The van der Waals surface area contributed by atoms with E-state index in [1.165, 1.54) is 37.4 Å². The molecule has 0 saturated carbocycles. The molecule has 0 unspecified atom stereocenters. The van der Waals surface area contributed by atoms with Gasteiger partial charge in [0, 0.05) is 36.9 Å². The molecule has 0 aromatic carbocycles.